The topological polar surface area (TPSA) is 169 Å². The van der Waals surface area contributed by atoms with E-state index >= 15 is 0 Å². The molecular formula is C32H60NO10P. The minimum Gasteiger partial charge on any atom is -0.480 e. The predicted octanol–water partition coefficient (Wildman–Crippen LogP) is 6.99. The molecule has 0 bridgehead atoms. The quantitative estimate of drug-likeness (QED) is 0.0266. The summed E-state index contributed by atoms with van der Waals surface area (Å²) in [5.41, 5.74) is 0. The smallest absolute Gasteiger partial charge is 0.472 e. The lowest BCUT2D eigenvalue weighted by molar-refractivity contribution is -0.147. The summed E-state index contributed by atoms with van der Waals surface area (Å²) >= 11 is 0. The molecule has 11 nitrogen and oxygen atoms in total. The van der Waals surface area contributed by atoms with Crippen molar-refractivity contribution in [2.24, 2.45) is 0 Å². The summed E-state index contributed by atoms with van der Waals surface area (Å²) in [6, 6.07) is -1.54. The van der Waals surface area contributed by atoms with Crippen LogP contribution in [-0.4, -0.2) is 64.9 Å². The summed E-state index contributed by atoms with van der Waals surface area (Å²) in [6.45, 7) is 2.46. The number of carboxylic acid groups (broad SMARTS) is 1. The van der Waals surface area contributed by atoms with Crippen molar-refractivity contribution in [1.82, 2.24) is 5.32 Å². The number of phosphoric acid groups is 1. The number of unbranched alkanes of at least 4 members (excludes halogenated alkanes) is 15. The van der Waals surface area contributed by atoms with Crippen molar-refractivity contribution in [2.45, 2.75) is 154 Å². The number of aliphatic hydroxyl groups excluding tert-OH is 1. The monoisotopic (exact) mass is 649 g/mol. The van der Waals surface area contributed by atoms with E-state index < -0.39 is 57.6 Å². The second-order valence-corrected chi connectivity index (χ2v) is 12.8. The highest BCUT2D eigenvalue weighted by Crippen LogP contribution is 2.43. The van der Waals surface area contributed by atoms with Gasteiger partial charge in [-0.1, -0.05) is 109 Å². The Hall–Kier alpha value is -1.78. The summed E-state index contributed by atoms with van der Waals surface area (Å²) < 4.78 is 26.6. The minimum absolute atomic E-state index is 0.136. The number of aliphatic hydroxyl groups is 1. The maximum Gasteiger partial charge on any atom is 0.472 e. The molecule has 0 aromatic carbocycles. The highest BCUT2D eigenvalue weighted by Gasteiger charge is 2.28. The van der Waals surface area contributed by atoms with Crippen LogP contribution in [0, 0.1) is 0 Å². The van der Waals surface area contributed by atoms with Crippen LogP contribution in [-0.2, 0) is 32.7 Å². The highest BCUT2D eigenvalue weighted by molar-refractivity contribution is 7.47. The first-order valence-electron chi connectivity index (χ1n) is 16.7. The Morgan fingerprint density at radius 1 is 0.705 bits per heavy atom. The average molecular weight is 650 g/mol. The number of carbonyl (C=O) groups excluding carboxylic acids is 2. The molecule has 3 atom stereocenters. The Balaban J connectivity index is 4.04. The first kappa shape index (κ1) is 42.2. The molecule has 0 aliphatic heterocycles. The summed E-state index contributed by atoms with van der Waals surface area (Å²) in [7, 11) is -4.74. The van der Waals surface area contributed by atoms with E-state index in [9.17, 15) is 34.1 Å². The SMILES string of the molecule is CCC/C=C\CCCCCCCC(=O)NC(COP(=O)(O)OCC(O)COC(=O)CCCCCCCCCCCC)C(=O)O. The van der Waals surface area contributed by atoms with E-state index in [2.05, 4.69) is 31.3 Å². The molecule has 3 unspecified atom stereocenters. The Morgan fingerprint density at radius 3 is 1.82 bits per heavy atom. The number of allylic oxidation sites excluding steroid dienone is 2. The van der Waals surface area contributed by atoms with Crippen molar-refractivity contribution in [3.8, 4) is 0 Å². The Labute approximate surface area is 265 Å². The van der Waals surface area contributed by atoms with Crippen LogP contribution in [0.2, 0.25) is 0 Å². The van der Waals surface area contributed by atoms with Gasteiger partial charge in [0.05, 0.1) is 13.2 Å². The largest absolute Gasteiger partial charge is 0.480 e. The number of hydrogen-bond acceptors (Lipinski definition) is 8. The van der Waals surface area contributed by atoms with Crippen molar-refractivity contribution in [2.75, 3.05) is 19.8 Å². The number of amides is 1. The van der Waals surface area contributed by atoms with Crippen molar-refractivity contribution >= 4 is 25.7 Å². The molecule has 12 heteroatoms. The van der Waals surface area contributed by atoms with Gasteiger partial charge in [0.25, 0.3) is 0 Å². The maximum absolute atomic E-state index is 12.1. The minimum atomic E-state index is -4.74. The van der Waals surface area contributed by atoms with E-state index in [0.29, 0.717) is 12.8 Å². The van der Waals surface area contributed by atoms with E-state index in [-0.39, 0.29) is 12.8 Å². The Kier molecular flexibility index (Phi) is 27.5. The van der Waals surface area contributed by atoms with E-state index in [4.69, 9.17) is 13.8 Å². The van der Waals surface area contributed by atoms with Crippen LogP contribution in [0.15, 0.2) is 12.2 Å². The third-order valence-corrected chi connectivity index (χ3v) is 7.99. The number of esters is 1. The molecule has 0 heterocycles. The zero-order valence-corrected chi connectivity index (χ0v) is 28.1. The van der Waals surface area contributed by atoms with Crippen LogP contribution in [0.25, 0.3) is 0 Å². The number of carbonyl (C=O) groups is 3. The molecule has 0 fully saturated rings. The zero-order chi connectivity index (χ0) is 32.9. The van der Waals surface area contributed by atoms with Gasteiger partial charge >= 0.3 is 19.8 Å². The summed E-state index contributed by atoms with van der Waals surface area (Å²) in [5, 5.41) is 21.6. The summed E-state index contributed by atoms with van der Waals surface area (Å²) in [4.78, 5) is 45.4. The number of ether oxygens (including phenoxy) is 1. The number of phosphoric ester groups is 1. The summed E-state index contributed by atoms with van der Waals surface area (Å²) in [6.07, 6.45) is 22.7. The van der Waals surface area contributed by atoms with Gasteiger partial charge in [-0.2, -0.15) is 0 Å². The van der Waals surface area contributed by atoms with Crippen LogP contribution < -0.4 is 5.32 Å². The van der Waals surface area contributed by atoms with Crippen LogP contribution in [0.1, 0.15) is 142 Å². The van der Waals surface area contributed by atoms with Crippen molar-refractivity contribution in [3.05, 3.63) is 12.2 Å². The van der Waals surface area contributed by atoms with Crippen LogP contribution in [0.4, 0.5) is 0 Å². The molecule has 0 saturated carbocycles. The first-order valence-corrected chi connectivity index (χ1v) is 18.2. The fourth-order valence-corrected chi connectivity index (χ4v) is 5.15. The van der Waals surface area contributed by atoms with E-state index in [0.717, 1.165) is 64.2 Å². The van der Waals surface area contributed by atoms with Gasteiger partial charge in [-0.05, 0) is 32.1 Å². The van der Waals surface area contributed by atoms with Crippen LogP contribution >= 0.6 is 7.82 Å². The van der Waals surface area contributed by atoms with E-state index in [1.807, 2.05) is 0 Å². The molecule has 0 aromatic heterocycles. The van der Waals surface area contributed by atoms with Gasteiger partial charge < -0.3 is 25.2 Å². The lowest BCUT2D eigenvalue weighted by atomic mass is 10.1. The number of hydrogen-bond donors (Lipinski definition) is 4. The first-order chi connectivity index (χ1) is 21.1. The Bertz CT molecular complexity index is 823. The highest BCUT2D eigenvalue weighted by atomic mass is 31.2. The molecule has 44 heavy (non-hydrogen) atoms. The molecule has 0 rings (SSSR count). The van der Waals surface area contributed by atoms with Gasteiger partial charge in [0.15, 0.2) is 6.04 Å². The third kappa shape index (κ3) is 27.7. The molecule has 0 aliphatic carbocycles. The van der Waals surface area contributed by atoms with Crippen LogP contribution in [0.5, 0.6) is 0 Å². The van der Waals surface area contributed by atoms with E-state index in [1.165, 1.54) is 38.5 Å². The summed E-state index contributed by atoms with van der Waals surface area (Å²) in [5.74, 6) is -2.39. The molecule has 0 aliphatic rings. The van der Waals surface area contributed by atoms with Gasteiger partial charge in [-0.15, -0.1) is 0 Å². The van der Waals surface area contributed by atoms with Gasteiger partial charge in [-0.25, -0.2) is 9.36 Å². The molecule has 258 valence electrons. The van der Waals surface area contributed by atoms with Gasteiger partial charge in [0.1, 0.15) is 12.7 Å². The standard InChI is InChI=1S/C32H60NO10P/c1-3-5-7-9-11-13-15-17-19-21-23-30(35)33-29(32(37)38)27-43-44(39,40)42-26-28(34)25-41-31(36)24-22-20-18-16-14-12-10-8-6-4-2/h7,9,28-29,34H,3-6,8,10-27H2,1-2H3,(H,33,35)(H,37,38)(H,39,40)/b9-7-. The Morgan fingerprint density at radius 2 is 1.23 bits per heavy atom. The fourth-order valence-electron chi connectivity index (χ4n) is 4.37. The molecule has 0 aromatic rings. The zero-order valence-electron chi connectivity index (χ0n) is 27.2. The van der Waals surface area contributed by atoms with Gasteiger partial charge in [-0.3, -0.25) is 18.6 Å². The fraction of sp³-hybridized carbons (Fsp3) is 0.844. The lowest BCUT2D eigenvalue weighted by Crippen LogP contribution is -2.43. The van der Waals surface area contributed by atoms with Crippen molar-refractivity contribution < 1.29 is 47.8 Å². The van der Waals surface area contributed by atoms with E-state index in [1.54, 1.807) is 0 Å². The van der Waals surface area contributed by atoms with Crippen molar-refractivity contribution in [1.29, 1.82) is 0 Å². The van der Waals surface area contributed by atoms with Gasteiger partial charge in [0.2, 0.25) is 5.91 Å². The molecule has 0 spiro atoms. The molecule has 0 saturated heterocycles. The van der Waals surface area contributed by atoms with Crippen LogP contribution in [0.3, 0.4) is 0 Å². The number of carboxylic acids is 1. The molecular weight excluding hydrogens is 589 g/mol. The average Bonchev–Trinajstić information content (AvgIpc) is 2.99. The van der Waals surface area contributed by atoms with Gasteiger partial charge in [0, 0.05) is 12.8 Å². The molecule has 1 amide bonds. The molecule has 4 N–H and O–H groups in total. The second-order valence-electron chi connectivity index (χ2n) is 11.4. The van der Waals surface area contributed by atoms with Crippen molar-refractivity contribution in [3.63, 3.8) is 0 Å². The lowest BCUT2D eigenvalue weighted by Gasteiger charge is -2.18. The maximum atomic E-state index is 12.1. The predicted molar refractivity (Wildman–Crippen MR) is 171 cm³/mol. The number of aliphatic carboxylic acids is 1. The normalized spacial score (nSPS) is 14.3. The molecule has 0 radical (unpaired) electrons. The number of rotatable bonds is 31. The second kappa shape index (κ2) is 28.7. The number of nitrogens with one attached hydrogen (secondary N) is 1. The third-order valence-electron chi connectivity index (χ3n) is 7.04.